The van der Waals surface area contributed by atoms with E-state index in [9.17, 15) is 4.79 Å². The van der Waals surface area contributed by atoms with Crippen LogP contribution in [-0.2, 0) is 11.2 Å². The second-order valence-electron chi connectivity index (χ2n) is 3.37. The minimum Gasteiger partial charge on any atom is -0.299 e. The Morgan fingerprint density at radius 2 is 2.00 bits per heavy atom. The van der Waals surface area contributed by atoms with E-state index in [4.69, 9.17) is 0 Å². The molecule has 0 bridgehead atoms. The van der Waals surface area contributed by atoms with Crippen LogP contribution < -0.4 is 0 Å². The largest absolute Gasteiger partial charge is 0.299 e. The van der Waals surface area contributed by atoms with Crippen LogP contribution in [0.4, 0.5) is 0 Å². The number of ketones is 1. The highest BCUT2D eigenvalue weighted by atomic mass is 16.1. The minimum atomic E-state index is 0.129. The predicted octanol–water partition coefficient (Wildman–Crippen LogP) is 1.63. The van der Waals surface area contributed by atoms with E-state index in [1.54, 1.807) is 12.4 Å². The molecule has 0 N–H and O–H groups in total. The van der Waals surface area contributed by atoms with Crippen molar-refractivity contribution in [3.63, 3.8) is 0 Å². The van der Waals surface area contributed by atoms with Crippen molar-refractivity contribution >= 4 is 5.78 Å². The van der Waals surface area contributed by atoms with E-state index in [0.717, 1.165) is 12.0 Å². The lowest BCUT2D eigenvalue weighted by Gasteiger charge is -2.02. The number of aromatic nitrogens is 2. The molecule has 0 fully saturated rings. The Labute approximate surface area is 78.2 Å². The van der Waals surface area contributed by atoms with Crippen LogP contribution in [0.15, 0.2) is 18.7 Å². The lowest BCUT2D eigenvalue weighted by Crippen LogP contribution is -2.07. The molecule has 0 aliphatic carbocycles. The van der Waals surface area contributed by atoms with Crippen LogP contribution in [0.3, 0.4) is 0 Å². The van der Waals surface area contributed by atoms with Gasteiger partial charge < -0.3 is 0 Å². The topological polar surface area (TPSA) is 42.9 Å². The Morgan fingerprint density at radius 1 is 1.38 bits per heavy atom. The summed E-state index contributed by atoms with van der Waals surface area (Å²) >= 11 is 0. The van der Waals surface area contributed by atoms with Crippen molar-refractivity contribution in [2.24, 2.45) is 5.92 Å². The quantitative estimate of drug-likeness (QED) is 0.703. The van der Waals surface area contributed by atoms with E-state index < -0.39 is 0 Å². The van der Waals surface area contributed by atoms with E-state index in [1.165, 1.54) is 6.33 Å². The zero-order valence-corrected chi connectivity index (χ0v) is 8.03. The maximum absolute atomic E-state index is 11.3. The van der Waals surface area contributed by atoms with Crippen molar-refractivity contribution in [3.05, 3.63) is 24.3 Å². The number of aryl methyl sites for hydroxylation is 1. The first kappa shape index (κ1) is 9.84. The number of hydrogen-bond acceptors (Lipinski definition) is 3. The molecule has 0 unspecified atom stereocenters. The first-order valence-corrected chi connectivity index (χ1v) is 4.46. The van der Waals surface area contributed by atoms with Gasteiger partial charge in [0.1, 0.15) is 12.1 Å². The van der Waals surface area contributed by atoms with Gasteiger partial charge in [-0.05, 0) is 12.0 Å². The Balaban J connectivity index is 2.40. The fourth-order valence-corrected chi connectivity index (χ4v) is 1.02. The molecule has 0 atom stereocenters. The monoisotopic (exact) mass is 178 g/mol. The molecular formula is C10H14N2O. The molecular weight excluding hydrogens is 164 g/mol. The van der Waals surface area contributed by atoms with Gasteiger partial charge in [0.25, 0.3) is 0 Å². The summed E-state index contributed by atoms with van der Waals surface area (Å²) in [7, 11) is 0. The average molecular weight is 178 g/mol. The molecule has 70 valence electrons. The van der Waals surface area contributed by atoms with E-state index in [1.807, 2.05) is 13.8 Å². The molecule has 0 aliphatic rings. The highest BCUT2D eigenvalue weighted by Gasteiger charge is 2.06. The van der Waals surface area contributed by atoms with Crippen molar-refractivity contribution in [1.29, 1.82) is 0 Å². The predicted molar refractivity (Wildman–Crippen MR) is 50.2 cm³/mol. The molecule has 0 saturated carbocycles. The zero-order chi connectivity index (χ0) is 9.68. The highest BCUT2D eigenvalue weighted by molar-refractivity contribution is 5.80. The maximum atomic E-state index is 11.3. The van der Waals surface area contributed by atoms with E-state index in [2.05, 4.69) is 9.97 Å². The van der Waals surface area contributed by atoms with Crippen LogP contribution in [0, 0.1) is 5.92 Å². The second kappa shape index (κ2) is 4.70. The molecule has 3 heteroatoms. The first-order chi connectivity index (χ1) is 6.20. The third-order valence-electron chi connectivity index (χ3n) is 1.92. The molecule has 1 heterocycles. The van der Waals surface area contributed by atoms with Gasteiger partial charge in [-0.15, -0.1) is 0 Å². The number of rotatable bonds is 4. The van der Waals surface area contributed by atoms with Crippen LogP contribution in [0.5, 0.6) is 0 Å². The summed E-state index contributed by atoms with van der Waals surface area (Å²) in [6.07, 6.45) is 6.33. The summed E-state index contributed by atoms with van der Waals surface area (Å²) in [6, 6.07) is 0. The van der Waals surface area contributed by atoms with Crippen molar-refractivity contribution in [1.82, 2.24) is 9.97 Å². The summed E-state index contributed by atoms with van der Waals surface area (Å²) in [5.41, 5.74) is 1.02. The Morgan fingerprint density at radius 3 is 2.54 bits per heavy atom. The van der Waals surface area contributed by atoms with Gasteiger partial charge in [-0.1, -0.05) is 13.8 Å². The molecule has 0 aliphatic heterocycles. The van der Waals surface area contributed by atoms with E-state index in [-0.39, 0.29) is 5.92 Å². The third kappa shape index (κ3) is 3.32. The number of hydrogen-bond donors (Lipinski definition) is 0. The van der Waals surface area contributed by atoms with Gasteiger partial charge in [0.2, 0.25) is 0 Å². The summed E-state index contributed by atoms with van der Waals surface area (Å²) in [6.45, 7) is 3.84. The summed E-state index contributed by atoms with van der Waals surface area (Å²) < 4.78 is 0. The maximum Gasteiger partial charge on any atom is 0.135 e. The van der Waals surface area contributed by atoms with Gasteiger partial charge in [0.05, 0.1) is 0 Å². The van der Waals surface area contributed by atoms with Crippen molar-refractivity contribution in [2.45, 2.75) is 26.7 Å². The van der Waals surface area contributed by atoms with Crippen molar-refractivity contribution in [2.75, 3.05) is 0 Å². The highest BCUT2D eigenvalue weighted by Crippen LogP contribution is 2.04. The molecule has 0 amide bonds. The normalized spacial score (nSPS) is 10.4. The molecule has 0 aromatic carbocycles. The fraction of sp³-hybridized carbons (Fsp3) is 0.500. The third-order valence-corrected chi connectivity index (χ3v) is 1.92. The molecule has 0 saturated heterocycles. The summed E-state index contributed by atoms with van der Waals surface area (Å²) in [5.74, 6) is 0.425. The summed E-state index contributed by atoms with van der Waals surface area (Å²) in [4.78, 5) is 19.0. The smallest absolute Gasteiger partial charge is 0.135 e. The standard InChI is InChI=1S/C10H14N2O/c1-8(2)10(13)4-3-9-5-11-7-12-6-9/h5-8H,3-4H2,1-2H3. The van der Waals surface area contributed by atoms with E-state index in [0.29, 0.717) is 12.2 Å². The number of nitrogens with zero attached hydrogens (tertiary/aromatic N) is 2. The number of Topliss-reactive ketones (excluding diaryl/α,β-unsaturated/α-hetero) is 1. The average Bonchev–Trinajstić information content (AvgIpc) is 2.15. The van der Waals surface area contributed by atoms with Gasteiger partial charge in [-0.2, -0.15) is 0 Å². The van der Waals surface area contributed by atoms with Crippen molar-refractivity contribution < 1.29 is 4.79 Å². The summed E-state index contributed by atoms with van der Waals surface area (Å²) in [5, 5.41) is 0. The number of carbonyl (C=O) groups excluding carboxylic acids is 1. The molecule has 3 nitrogen and oxygen atoms in total. The minimum absolute atomic E-state index is 0.129. The van der Waals surface area contributed by atoms with Crippen LogP contribution in [-0.4, -0.2) is 15.8 Å². The molecule has 13 heavy (non-hydrogen) atoms. The van der Waals surface area contributed by atoms with Crippen molar-refractivity contribution in [3.8, 4) is 0 Å². The lowest BCUT2D eigenvalue weighted by molar-refractivity contribution is -0.121. The van der Waals surface area contributed by atoms with Gasteiger partial charge in [-0.25, -0.2) is 9.97 Å². The van der Waals surface area contributed by atoms with Crippen LogP contribution in [0.1, 0.15) is 25.8 Å². The number of carbonyl (C=O) groups is 1. The Bertz CT molecular complexity index is 270. The molecule has 0 spiro atoms. The molecule has 1 aromatic heterocycles. The second-order valence-corrected chi connectivity index (χ2v) is 3.37. The van der Waals surface area contributed by atoms with Gasteiger partial charge >= 0.3 is 0 Å². The van der Waals surface area contributed by atoms with Crippen LogP contribution in [0.25, 0.3) is 0 Å². The van der Waals surface area contributed by atoms with Gasteiger partial charge in [0.15, 0.2) is 0 Å². The molecule has 1 rings (SSSR count). The van der Waals surface area contributed by atoms with Crippen LogP contribution in [0.2, 0.25) is 0 Å². The first-order valence-electron chi connectivity index (χ1n) is 4.46. The zero-order valence-electron chi connectivity index (χ0n) is 8.03. The van der Waals surface area contributed by atoms with Gasteiger partial charge in [0, 0.05) is 24.7 Å². The van der Waals surface area contributed by atoms with Crippen LogP contribution >= 0.6 is 0 Å². The fourth-order valence-electron chi connectivity index (χ4n) is 1.02. The lowest BCUT2D eigenvalue weighted by atomic mass is 10.0. The Kier molecular flexibility index (Phi) is 3.55. The van der Waals surface area contributed by atoms with E-state index >= 15 is 0 Å². The molecule has 1 aromatic rings. The molecule has 0 radical (unpaired) electrons. The Hall–Kier alpha value is -1.25. The van der Waals surface area contributed by atoms with Gasteiger partial charge in [-0.3, -0.25) is 4.79 Å². The SMILES string of the molecule is CC(C)C(=O)CCc1cncnc1.